The Kier molecular flexibility index (Phi) is 15.1. The van der Waals surface area contributed by atoms with E-state index in [1.54, 1.807) is 60.7 Å². The van der Waals surface area contributed by atoms with Gasteiger partial charge in [-0.25, -0.2) is 0 Å². The molecule has 2 N–H and O–H groups in total. The first-order valence-corrected chi connectivity index (χ1v) is 27.2. The number of anilines is 2. The van der Waals surface area contributed by atoms with Gasteiger partial charge >= 0.3 is 351 Å². The summed E-state index contributed by atoms with van der Waals surface area (Å²) in [5, 5.41) is 0. The molecule has 6 rings (SSSR count). The van der Waals surface area contributed by atoms with Crippen molar-refractivity contribution in [1.29, 1.82) is 0 Å². The molecule has 4 aromatic carbocycles. The summed E-state index contributed by atoms with van der Waals surface area (Å²) < 4.78 is 130. The molecule has 61 heavy (non-hydrogen) atoms. The van der Waals surface area contributed by atoms with Gasteiger partial charge in [-0.05, 0) is 0 Å². The zero-order valence-corrected chi connectivity index (χ0v) is 38.4. The molecule has 2 aliphatic rings. The maximum absolute atomic E-state index is 17.6. The normalized spacial score (nSPS) is 14.1. The van der Waals surface area contributed by atoms with Crippen LogP contribution in [0.25, 0.3) is 0 Å². The first kappa shape index (κ1) is 46.3. The van der Waals surface area contributed by atoms with Crippen LogP contribution in [0.5, 0.6) is 0 Å². The SMILES string of the molecule is CCCCCCc1cc(C)ccc1S(=O)(=O)Nc1ccc(F)[c]([Ti]([C]2=CC=CC2)([C]2=CC=CC2)[c]2c(F)ccc(NS(=O)(=O)c3ccc(C)cc3CCCCCC)c2F)c1F. The van der Waals surface area contributed by atoms with Crippen LogP contribution < -0.4 is 17.2 Å². The molecule has 0 saturated carbocycles. The fourth-order valence-corrected chi connectivity index (χ4v) is 19.5. The van der Waals surface area contributed by atoms with Gasteiger partial charge in [-0.2, -0.15) is 0 Å². The zero-order chi connectivity index (χ0) is 44.0. The minimum absolute atomic E-state index is 0.0483. The number of halogens is 4. The standard InChI is InChI=1S/2C19H22F2NO2S.2C5H5.Ti/c2*1-3-4-5-6-7-15-12-14(2)8-11-19(15)25(23,24)22-18-10-9-16(20)13-17(18)21;2*1-2-4-5-3-1;/h2*8-12,22H,3-7H2,1-2H3;2*1-3H,4H2;. The second kappa shape index (κ2) is 19.9. The molecule has 0 saturated heterocycles. The molecule has 0 amide bonds. The van der Waals surface area contributed by atoms with Crippen molar-refractivity contribution in [3.05, 3.63) is 150 Å². The van der Waals surface area contributed by atoms with Crippen molar-refractivity contribution in [2.24, 2.45) is 0 Å². The molecule has 0 aromatic heterocycles. The summed E-state index contributed by atoms with van der Waals surface area (Å²) >= 11 is -5.51. The van der Waals surface area contributed by atoms with Crippen LogP contribution >= 0.6 is 0 Å². The molecule has 324 valence electrons. The van der Waals surface area contributed by atoms with Crippen molar-refractivity contribution in [3.8, 4) is 0 Å². The third-order valence-electron chi connectivity index (χ3n) is 11.5. The number of aryl methyl sites for hydroxylation is 4. The van der Waals surface area contributed by atoms with Crippen LogP contribution in [0.1, 0.15) is 100 Å². The number of rotatable bonds is 20. The molecule has 0 aliphatic heterocycles. The summed E-state index contributed by atoms with van der Waals surface area (Å²) in [4.78, 5) is -0.0966. The number of benzene rings is 4. The first-order chi connectivity index (χ1) is 29.1. The maximum atomic E-state index is 17.6. The van der Waals surface area contributed by atoms with Crippen LogP contribution in [0.4, 0.5) is 28.9 Å². The van der Waals surface area contributed by atoms with Crippen molar-refractivity contribution in [1.82, 2.24) is 0 Å². The van der Waals surface area contributed by atoms with Crippen LogP contribution in [0, 0.1) is 37.1 Å². The zero-order valence-electron chi connectivity index (χ0n) is 35.2. The predicted molar refractivity (Wildman–Crippen MR) is 235 cm³/mol. The number of unbranched alkanes of at least 4 members (excludes halogenated alkanes) is 6. The number of sulfonamides is 2. The average molecular weight is 911 g/mol. The van der Waals surface area contributed by atoms with E-state index in [4.69, 9.17) is 0 Å². The second-order valence-corrected chi connectivity index (χ2v) is 25.2. The number of hydrogen-bond acceptors (Lipinski definition) is 4. The second-order valence-electron chi connectivity index (χ2n) is 16.0. The van der Waals surface area contributed by atoms with Crippen molar-refractivity contribution in [2.45, 2.75) is 115 Å². The van der Waals surface area contributed by atoms with Gasteiger partial charge in [0.25, 0.3) is 0 Å². The number of nitrogens with one attached hydrogen (secondary N) is 2. The molecule has 2 aliphatic carbocycles. The van der Waals surface area contributed by atoms with Crippen molar-refractivity contribution in [2.75, 3.05) is 9.44 Å². The Labute approximate surface area is 362 Å². The third-order valence-corrected chi connectivity index (χ3v) is 22.4. The van der Waals surface area contributed by atoms with Gasteiger partial charge in [0.05, 0.1) is 0 Å². The molecule has 0 heterocycles. The van der Waals surface area contributed by atoms with E-state index in [1.165, 1.54) is 12.1 Å². The Morgan fingerprint density at radius 3 is 1.33 bits per heavy atom. The van der Waals surface area contributed by atoms with Crippen LogP contribution in [-0.2, 0) is 49.5 Å². The summed E-state index contributed by atoms with van der Waals surface area (Å²) in [5.41, 5.74) is 1.66. The van der Waals surface area contributed by atoms with E-state index in [1.807, 2.05) is 13.8 Å². The van der Waals surface area contributed by atoms with Gasteiger partial charge in [0.15, 0.2) is 0 Å². The quantitative estimate of drug-likeness (QED) is 0.0525. The van der Waals surface area contributed by atoms with E-state index >= 15 is 17.6 Å². The predicted octanol–water partition coefficient (Wildman–Crippen LogP) is 11.5. The van der Waals surface area contributed by atoms with Crippen molar-refractivity contribution >= 4 is 39.2 Å². The molecule has 6 nitrogen and oxygen atoms in total. The van der Waals surface area contributed by atoms with Gasteiger partial charge in [-0.15, -0.1) is 0 Å². The minimum atomic E-state index is -5.51. The number of hydrogen-bond donors (Lipinski definition) is 2. The fraction of sp³-hybridized carbons (Fsp3) is 0.333. The van der Waals surface area contributed by atoms with Crippen molar-refractivity contribution < 1.29 is 51.0 Å². The Morgan fingerprint density at radius 2 is 0.967 bits per heavy atom. The van der Waals surface area contributed by atoms with E-state index in [0.717, 1.165) is 86.8 Å². The summed E-state index contributed by atoms with van der Waals surface area (Å²) in [5.74, 6) is -4.80. The Balaban J connectivity index is 1.51. The van der Waals surface area contributed by atoms with E-state index in [0.29, 0.717) is 31.7 Å². The van der Waals surface area contributed by atoms with Crippen LogP contribution in [-0.4, -0.2) is 16.8 Å². The van der Waals surface area contributed by atoms with Gasteiger partial charge in [0.1, 0.15) is 0 Å². The van der Waals surface area contributed by atoms with Gasteiger partial charge < -0.3 is 0 Å². The van der Waals surface area contributed by atoms with E-state index in [2.05, 4.69) is 23.3 Å². The third kappa shape index (κ3) is 9.88. The monoisotopic (exact) mass is 910 g/mol. The molecule has 4 aromatic rings. The molecule has 13 heteroatoms. The Bertz CT molecular complexity index is 2460. The summed E-state index contributed by atoms with van der Waals surface area (Å²) in [7, 11) is -8.92. The van der Waals surface area contributed by atoms with Gasteiger partial charge in [-0.1, -0.05) is 13.8 Å². The van der Waals surface area contributed by atoms with Crippen LogP contribution in [0.2, 0.25) is 0 Å². The fourth-order valence-electron chi connectivity index (χ4n) is 8.59. The van der Waals surface area contributed by atoms with Crippen LogP contribution in [0.3, 0.4) is 0 Å². The molecule has 0 radical (unpaired) electrons. The van der Waals surface area contributed by atoms with Crippen molar-refractivity contribution in [3.63, 3.8) is 0 Å². The molecule has 0 spiro atoms. The van der Waals surface area contributed by atoms with E-state index in [9.17, 15) is 16.8 Å². The Morgan fingerprint density at radius 1 is 0.557 bits per heavy atom. The van der Waals surface area contributed by atoms with Gasteiger partial charge in [0.2, 0.25) is 0 Å². The summed E-state index contributed by atoms with van der Waals surface area (Å²) in [6.45, 7) is 7.86. The summed E-state index contributed by atoms with van der Waals surface area (Å²) in [6.07, 6.45) is 18.4. The van der Waals surface area contributed by atoms with E-state index in [-0.39, 0.29) is 22.6 Å². The first-order valence-electron chi connectivity index (χ1n) is 21.1. The van der Waals surface area contributed by atoms with Crippen LogP contribution in [0.15, 0.2) is 115 Å². The molecule has 0 unspecified atom stereocenters. The van der Waals surface area contributed by atoms with E-state index < -0.39 is 79.0 Å². The molecule has 0 atom stereocenters. The number of allylic oxidation sites excluding steroid dienone is 8. The molecular weight excluding hydrogens is 857 g/mol. The topological polar surface area (TPSA) is 92.3 Å². The molecule has 0 fully saturated rings. The summed E-state index contributed by atoms with van der Waals surface area (Å²) in [6, 6.07) is 13.6. The molecular formula is C48H54F4N2O4S2Ti. The van der Waals surface area contributed by atoms with Gasteiger partial charge in [-0.3, -0.25) is 0 Å². The van der Waals surface area contributed by atoms with Gasteiger partial charge in [0, 0.05) is 0 Å². The molecule has 0 bridgehead atoms. The average Bonchev–Trinajstić information content (AvgIpc) is 3.96. The Hall–Kier alpha value is -4.23.